The summed E-state index contributed by atoms with van der Waals surface area (Å²) in [4.78, 5) is 0. The van der Waals surface area contributed by atoms with E-state index in [2.05, 4.69) is 10.2 Å². The molecule has 0 unspecified atom stereocenters. The first-order valence-electron chi connectivity index (χ1n) is 5.03. The first-order chi connectivity index (χ1) is 8.74. The third kappa shape index (κ3) is 1.86. The van der Waals surface area contributed by atoms with Crippen LogP contribution in [0.1, 0.15) is 0 Å². The van der Waals surface area contributed by atoms with Crippen LogP contribution in [-0.4, -0.2) is 22.1 Å². The van der Waals surface area contributed by atoms with Crippen LogP contribution in [0.3, 0.4) is 0 Å². The zero-order valence-electron chi connectivity index (χ0n) is 8.96. The Balaban J connectivity index is 1.95. The number of benzene rings is 1. The second-order valence-electron chi connectivity index (χ2n) is 3.45. The lowest BCUT2D eigenvalue weighted by Crippen LogP contribution is -1.95. The van der Waals surface area contributed by atoms with Gasteiger partial charge in [0, 0.05) is 6.07 Å². The van der Waals surface area contributed by atoms with Crippen LogP contribution in [0.5, 0.6) is 28.9 Å². The van der Waals surface area contributed by atoms with Crippen molar-refractivity contribution in [3.05, 3.63) is 29.4 Å². The molecule has 0 amide bonds. The molecule has 0 bridgehead atoms. The molecule has 0 atom stereocenters. The molecule has 0 fully saturated rings. The van der Waals surface area contributed by atoms with Crippen LogP contribution in [-0.2, 0) is 0 Å². The maximum Gasteiger partial charge on any atom is 0.281 e. The highest BCUT2D eigenvalue weighted by atomic mass is 35.5. The Morgan fingerprint density at radius 1 is 1.28 bits per heavy atom. The van der Waals surface area contributed by atoms with Crippen molar-refractivity contribution in [3.63, 3.8) is 0 Å². The molecule has 0 saturated heterocycles. The van der Waals surface area contributed by atoms with Crippen molar-refractivity contribution in [2.24, 2.45) is 0 Å². The summed E-state index contributed by atoms with van der Waals surface area (Å²) in [5.74, 6) is 1.18. The fraction of sp³-hybridized carbons (Fsp3) is 0.0909. The first kappa shape index (κ1) is 10.9. The summed E-state index contributed by atoms with van der Waals surface area (Å²) in [6.07, 6.45) is 0. The van der Waals surface area contributed by atoms with Crippen LogP contribution in [0.4, 0.5) is 0 Å². The van der Waals surface area contributed by atoms with Gasteiger partial charge in [-0.15, -0.1) is 10.2 Å². The van der Waals surface area contributed by atoms with Crippen molar-refractivity contribution in [1.29, 1.82) is 0 Å². The van der Waals surface area contributed by atoms with Gasteiger partial charge in [-0.25, -0.2) is 0 Å². The lowest BCUT2D eigenvalue weighted by Gasteiger charge is -2.07. The van der Waals surface area contributed by atoms with Crippen molar-refractivity contribution in [3.8, 4) is 28.9 Å². The van der Waals surface area contributed by atoms with Crippen molar-refractivity contribution in [2.45, 2.75) is 0 Å². The lowest BCUT2D eigenvalue weighted by atomic mass is 10.3. The SMILES string of the molecule is Oc1cc(Cl)nnc1Oc1cccc2c1OCO2. The van der Waals surface area contributed by atoms with Gasteiger partial charge in [-0.2, -0.15) is 0 Å². The van der Waals surface area contributed by atoms with Gasteiger partial charge in [-0.1, -0.05) is 17.7 Å². The minimum atomic E-state index is -0.202. The molecule has 1 N–H and O–H groups in total. The molecule has 1 aromatic heterocycles. The molecule has 7 heteroatoms. The molecule has 18 heavy (non-hydrogen) atoms. The van der Waals surface area contributed by atoms with Crippen LogP contribution >= 0.6 is 11.6 Å². The number of hydrogen-bond acceptors (Lipinski definition) is 6. The summed E-state index contributed by atoms with van der Waals surface area (Å²) < 4.78 is 15.9. The van der Waals surface area contributed by atoms with Gasteiger partial charge in [0.25, 0.3) is 5.88 Å². The average Bonchev–Trinajstić information content (AvgIpc) is 2.82. The van der Waals surface area contributed by atoms with Crippen LogP contribution in [0, 0.1) is 0 Å². The predicted molar refractivity (Wildman–Crippen MR) is 61.3 cm³/mol. The summed E-state index contributed by atoms with van der Waals surface area (Å²) in [7, 11) is 0. The number of fused-ring (bicyclic) bond motifs is 1. The van der Waals surface area contributed by atoms with E-state index in [0.29, 0.717) is 17.2 Å². The fourth-order valence-electron chi connectivity index (χ4n) is 1.51. The van der Waals surface area contributed by atoms with Crippen LogP contribution in [0.25, 0.3) is 0 Å². The van der Waals surface area contributed by atoms with E-state index in [1.54, 1.807) is 18.2 Å². The van der Waals surface area contributed by atoms with Crippen LogP contribution < -0.4 is 14.2 Å². The number of halogens is 1. The number of aromatic hydroxyl groups is 1. The topological polar surface area (TPSA) is 73.7 Å². The van der Waals surface area contributed by atoms with E-state index >= 15 is 0 Å². The van der Waals surface area contributed by atoms with Crippen molar-refractivity contribution < 1.29 is 19.3 Å². The normalized spacial score (nSPS) is 12.5. The predicted octanol–water partition coefficient (Wildman–Crippen LogP) is 2.36. The second-order valence-corrected chi connectivity index (χ2v) is 3.84. The molecule has 0 saturated carbocycles. The van der Waals surface area contributed by atoms with Gasteiger partial charge in [-0.3, -0.25) is 0 Å². The standard InChI is InChI=1S/C11H7ClN2O4/c12-9-4-6(15)11(14-13-9)18-8-3-1-2-7-10(8)17-5-16-7/h1-4H,5H2,(H,13,15). The molecule has 92 valence electrons. The maximum atomic E-state index is 9.62. The van der Waals surface area contributed by atoms with Gasteiger partial charge < -0.3 is 19.3 Å². The van der Waals surface area contributed by atoms with Crippen molar-refractivity contribution in [2.75, 3.05) is 6.79 Å². The Hall–Kier alpha value is -2.21. The summed E-state index contributed by atoms with van der Waals surface area (Å²) in [5.41, 5.74) is 0. The van der Waals surface area contributed by atoms with Gasteiger partial charge in [0.1, 0.15) is 0 Å². The molecule has 1 aliphatic rings. The molecule has 1 aliphatic heterocycles. The maximum absolute atomic E-state index is 9.62. The summed E-state index contributed by atoms with van der Waals surface area (Å²) in [6.45, 7) is 0.133. The van der Waals surface area contributed by atoms with Crippen LogP contribution in [0.15, 0.2) is 24.3 Å². The molecule has 0 spiro atoms. The monoisotopic (exact) mass is 266 g/mol. The van der Waals surface area contributed by atoms with Gasteiger partial charge in [0.2, 0.25) is 12.5 Å². The number of nitrogens with zero attached hydrogens (tertiary/aromatic N) is 2. The highest BCUT2D eigenvalue weighted by Gasteiger charge is 2.20. The third-order valence-corrected chi connectivity index (χ3v) is 2.46. The molecule has 2 heterocycles. The number of hydrogen-bond donors (Lipinski definition) is 1. The number of aromatic nitrogens is 2. The minimum absolute atomic E-state index is 0.0525. The van der Waals surface area contributed by atoms with E-state index in [4.69, 9.17) is 25.8 Å². The smallest absolute Gasteiger partial charge is 0.281 e. The highest BCUT2D eigenvalue weighted by molar-refractivity contribution is 6.29. The van der Waals surface area contributed by atoms with Gasteiger partial charge in [0.05, 0.1) is 0 Å². The van der Waals surface area contributed by atoms with Crippen molar-refractivity contribution >= 4 is 11.6 Å². The van der Waals surface area contributed by atoms with E-state index in [0.717, 1.165) is 0 Å². The first-order valence-corrected chi connectivity index (χ1v) is 5.40. The van der Waals surface area contributed by atoms with Gasteiger partial charge in [0.15, 0.2) is 22.4 Å². The van der Waals surface area contributed by atoms with E-state index in [1.165, 1.54) is 6.07 Å². The molecule has 2 aromatic rings. The van der Waals surface area contributed by atoms with Gasteiger partial charge >= 0.3 is 0 Å². The summed E-state index contributed by atoms with van der Waals surface area (Å²) in [5, 5.41) is 16.9. The minimum Gasteiger partial charge on any atom is -0.503 e. The summed E-state index contributed by atoms with van der Waals surface area (Å²) in [6, 6.07) is 6.40. The van der Waals surface area contributed by atoms with E-state index in [1.807, 2.05) is 0 Å². The van der Waals surface area contributed by atoms with Crippen LogP contribution in [0.2, 0.25) is 5.15 Å². The zero-order chi connectivity index (χ0) is 12.5. The molecular formula is C11H7ClN2O4. The van der Waals surface area contributed by atoms with E-state index in [9.17, 15) is 5.11 Å². The number of rotatable bonds is 2. The van der Waals surface area contributed by atoms with Crippen molar-refractivity contribution in [1.82, 2.24) is 10.2 Å². The van der Waals surface area contributed by atoms with E-state index < -0.39 is 0 Å². The third-order valence-electron chi connectivity index (χ3n) is 2.28. The number of para-hydroxylation sites is 1. The lowest BCUT2D eigenvalue weighted by molar-refractivity contribution is 0.171. The fourth-order valence-corrected chi connectivity index (χ4v) is 1.65. The molecule has 6 nitrogen and oxygen atoms in total. The zero-order valence-corrected chi connectivity index (χ0v) is 9.72. The largest absolute Gasteiger partial charge is 0.503 e. The quantitative estimate of drug-likeness (QED) is 0.899. The average molecular weight is 267 g/mol. The Morgan fingerprint density at radius 3 is 3.00 bits per heavy atom. The molecule has 0 aliphatic carbocycles. The Morgan fingerprint density at radius 2 is 2.17 bits per heavy atom. The molecule has 0 radical (unpaired) electrons. The summed E-state index contributed by atoms with van der Waals surface area (Å²) >= 11 is 5.58. The highest BCUT2D eigenvalue weighted by Crippen LogP contribution is 2.43. The Kier molecular flexibility index (Phi) is 2.56. The Labute approximate surface area is 107 Å². The second kappa shape index (κ2) is 4.23. The Bertz CT molecular complexity index is 606. The molecular weight excluding hydrogens is 260 g/mol. The number of ether oxygens (including phenoxy) is 3. The molecule has 1 aromatic carbocycles. The van der Waals surface area contributed by atoms with Gasteiger partial charge in [-0.05, 0) is 12.1 Å². The van der Waals surface area contributed by atoms with E-state index in [-0.39, 0.29) is 23.6 Å². The molecule has 3 rings (SSSR count).